The van der Waals surface area contributed by atoms with Gasteiger partial charge in [0, 0.05) is 44.6 Å². The van der Waals surface area contributed by atoms with Crippen molar-refractivity contribution in [1.29, 1.82) is 0 Å². The number of nitrogens with zero attached hydrogens (tertiary/aromatic N) is 3. The van der Waals surface area contributed by atoms with Crippen molar-refractivity contribution in [3.05, 3.63) is 48.0 Å². The number of hydrogen-bond donors (Lipinski definition) is 4. The summed E-state index contributed by atoms with van der Waals surface area (Å²) in [6.07, 6.45) is 2.52. The van der Waals surface area contributed by atoms with Gasteiger partial charge in [-0.25, -0.2) is 0 Å². The maximum atomic E-state index is 12.8. The molecule has 2 aliphatic rings. The number of ether oxygens (including phenoxy) is 2. The molecule has 0 aromatic heterocycles. The summed E-state index contributed by atoms with van der Waals surface area (Å²) in [6, 6.07) is 8.04. The Morgan fingerprint density at radius 2 is 1.37 bits per heavy atom. The molecule has 0 saturated carbocycles. The number of carbonyl (C=O) groups is 8. The maximum absolute atomic E-state index is 12.8. The molecule has 2 aliphatic heterocycles. The Labute approximate surface area is 296 Å². The molecule has 1 aromatic carbocycles. The number of quaternary nitrogens is 1. The number of imide groups is 1. The van der Waals surface area contributed by atoms with E-state index in [0.717, 1.165) is 10.5 Å². The van der Waals surface area contributed by atoms with Gasteiger partial charge >= 0.3 is 0 Å². The van der Waals surface area contributed by atoms with Crippen molar-refractivity contribution in [2.75, 3.05) is 92.4 Å². The first-order valence-electron chi connectivity index (χ1n) is 16.8. The van der Waals surface area contributed by atoms with Gasteiger partial charge in [0.1, 0.15) is 24.9 Å². The first-order valence-corrected chi connectivity index (χ1v) is 16.8. The third kappa shape index (κ3) is 14.8. The molecule has 0 radical (unpaired) electrons. The van der Waals surface area contributed by atoms with Gasteiger partial charge in [-0.1, -0.05) is 30.3 Å². The zero-order chi connectivity index (χ0) is 37.2. The SMILES string of the molecule is CC(=O)CNC(=O)[C@H](Cc1ccccc1)NC(=O)CNC(=O)CNC(=O)C[N+]1(C)CCOCCN(C(=O)CCN2C(=O)C=CC2=O)CCOCC1. The Kier molecular flexibility index (Phi) is 16.3. The zero-order valence-corrected chi connectivity index (χ0v) is 29.1. The molecule has 3 rings (SSSR count). The molecule has 1 fully saturated rings. The van der Waals surface area contributed by atoms with Crippen LogP contribution in [-0.2, 0) is 54.3 Å². The van der Waals surface area contributed by atoms with Crippen LogP contribution in [0.2, 0.25) is 0 Å². The number of rotatable bonds is 15. The van der Waals surface area contributed by atoms with Gasteiger partial charge in [0.05, 0.1) is 53.1 Å². The second kappa shape index (κ2) is 20.6. The van der Waals surface area contributed by atoms with Crippen molar-refractivity contribution in [2.45, 2.75) is 25.8 Å². The van der Waals surface area contributed by atoms with E-state index in [9.17, 15) is 38.4 Å². The molecule has 4 N–H and O–H groups in total. The molecule has 0 unspecified atom stereocenters. The summed E-state index contributed by atoms with van der Waals surface area (Å²) in [5, 5.41) is 10.1. The summed E-state index contributed by atoms with van der Waals surface area (Å²) in [7, 11) is 1.87. The summed E-state index contributed by atoms with van der Waals surface area (Å²) in [6.45, 7) is 2.94. The highest BCUT2D eigenvalue weighted by molar-refractivity contribution is 6.13. The number of hydrogen-bond acceptors (Lipinski definition) is 10. The average Bonchev–Trinajstić information content (AvgIpc) is 3.41. The second-order valence-electron chi connectivity index (χ2n) is 12.5. The Balaban J connectivity index is 1.39. The zero-order valence-electron chi connectivity index (χ0n) is 29.1. The van der Waals surface area contributed by atoms with E-state index in [-0.39, 0.29) is 68.4 Å². The second-order valence-corrected chi connectivity index (χ2v) is 12.5. The number of benzene rings is 1. The maximum Gasteiger partial charge on any atom is 0.275 e. The van der Waals surface area contributed by atoms with Crippen LogP contribution < -0.4 is 21.3 Å². The van der Waals surface area contributed by atoms with Crippen LogP contribution in [-0.4, -0.2) is 160 Å². The van der Waals surface area contributed by atoms with Crippen LogP contribution in [0, 0.1) is 0 Å². The average molecular weight is 715 g/mol. The van der Waals surface area contributed by atoms with Gasteiger partial charge in [-0.05, 0) is 12.5 Å². The van der Waals surface area contributed by atoms with E-state index in [2.05, 4.69) is 21.3 Å². The van der Waals surface area contributed by atoms with Crippen molar-refractivity contribution in [3.63, 3.8) is 0 Å². The van der Waals surface area contributed by atoms with Crippen molar-refractivity contribution in [1.82, 2.24) is 31.1 Å². The third-order valence-electron chi connectivity index (χ3n) is 8.23. The number of nitrogens with one attached hydrogen (secondary N) is 4. The molecule has 0 aliphatic carbocycles. The number of carbonyl (C=O) groups excluding carboxylic acids is 8. The standard InChI is InChI=1S/C34H47N7O10/c1-25(42)21-37-34(49)27(20-26-6-4-3-5-7-26)38-29(44)23-35-28(43)22-36-30(45)24-41(2)14-18-50-16-12-39(13-17-51-19-15-41)31(46)10-11-40-32(47)8-9-33(40)48/h3-9,27H,10-24H2,1-2H3,(H3-,35,36,37,38,43,44,45,49)/p+1/t27-/m0/s1. The number of ketones is 1. The lowest BCUT2D eigenvalue weighted by molar-refractivity contribution is -0.902. The van der Waals surface area contributed by atoms with Crippen LogP contribution in [0.1, 0.15) is 18.9 Å². The summed E-state index contributed by atoms with van der Waals surface area (Å²) in [5.74, 6) is -3.49. The van der Waals surface area contributed by atoms with Crippen LogP contribution in [0.4, 0.5) is 0 Å². The van der Waals surface area contributed by atoms with E-state index in [1.807, 2.05) is 13.1 Å². The van der Waals surface area contributed by atoms with E-state index in [4.69, 9.17) is 9.47 Å². The Morgan fingerprint density at radius 3 is 1.98 bits per heavy atom. The molecule has 0 bridgehead atoms. The minimum Gasteiger partial charge on any atom is -0.374 e. The molecular weight excluding hydrogens is 666 g/mol. The predicted octanol–water partition coefficient (Wildman–Crippen LogP) is -2.71. The lowest BCUT2D eigenvalue weighted by atomic mass is 10.1. The highest BCUT2D eigenvalue weighted by Gasteiger charge is 2.28. The summed E-state index contributed by atoms with van der Waals surface area (Å²) < 4.78 is 11.8. The molecule has 17 nitrogen and oxygen atoms in total. The predicted molar refractivity (Wildman–Crippen MR) is 181 cm³/mol. The fourth-order valence-corrected chi connectivity index (χ4v) is 5.23. The highest BCUT2D eigenvalue weighted by Crippen LogP contribution is 2.08. The fourth-order valence-electron chi connectivity index (χ4n) is 5.23. The van der Waals surface area contributed by atoms with Gasteiger partial charge in [-0.2, -0.15) is 0 Å². The molecule has 7 amide bonds. The van der Waals surface area contributed by atoms with Gasteiger partial charge in [0.25, 0.3) is 17.7 Å². The Hall–Kier alpha value is -5.00. The van der Waals surface area contributed by atoms with Gasteiger partial charge in [0.15, 0.2) is 6.54 Å². The quantitative estimate of drug-likeness (QED) is 0.109. The normalized spacial score (nSPS) is 17.1. The molecule has 1 saturated heterocycles. The minimum atomic E-state index is -0.974. The van der Waals surface area contributed by atoms with Gasteiger partial charge in [-0.15, -0.1) is 0 Å². The minimum absolute atomic E-state index is 0.00364. The summed E-state index contributed by atoms with van der Waals surface area (Å²) in [5.41, 5.74) is 0.792. The molecular formula is C34H48N7O10+. The van der Waals surface area contributed by atoms with Crippen molar-refractivity contribution >= 4 is 47.1 Å². The van der Waals surface area contributed by atoms with E-state index in [1.54, 1.807) is 29.2 Å². The largest absolute Gasteiger partial charge is 0.374 e. The number of amides is 7. The fraction of sp³-hybridized carbons (Fsp3) is 0.529. The van der Waals surface area contributed by atoms with Gasteiger partial charge in [-0.3, -0.25) is 43.3 Å². The molecule has 1 atom stereocenters. The molecule has 0 spiro atoms. The number of likely N-dealkylation sites (N-methyl/N-ethyl adjacent to an activating group) is 1. The van der Waals surface area contributed by atoms with E-state index in [0.29, 0.717) is 39.4 Å². The topological polar surface area (TPSA) is 210 Å². The van der Waals surface area contributed by atoms with Crippen molar-refractivity contribution in [3.8, 4) is 0 Å². The van der Waals surface area contributed by atoms with Gasteiger partial charge < -0.3 is 40.1 Å². The van der Waals surface area contributed by atoms with Crippen LogP contribution in [0.25, 0.3) is 0 Å². The summed E-state index contributed by atoms with van der Waals surface area (Å²) in [4.78, 5) is 101. The van der Waals surface area contributed by atoms with Crippen LogP contribution in [0.5, 0.6) is 0 Å². The lowest BCUT2D eigenvalue weighted by Crippen LogP contribution is -2.55. The van der Waals surface area contributed by atoms with E-state index < -0.39 is 48.0 Å². The van der Waals surface area contributed by atoms with Crippen LogP contribution in [0.3, 0.4) is 0 Å². The molecule has 1 aromatic rings. The lowest BCUT2D eigenvalue weighted by Gasteiger charge is -2.34. The molecule has 17 heteroatoms. The Bertz CT molecular complexity index is 1420. The van der Waals surface area contributed by atoms with E-state index in [1.165, 1.54) is 19.1 Å². The monoisotopic (exact) mass is 714 g/mol. The Morgan fingerprint density at radius 1 is 0.784 bits per heavy atom. The third-order valence-corrected chi connectivity index (χ3v) is 8.23. The summed E-state index contributed by atoms with van der Waals surface area (Å²) >= 11 is 0. The highest BCUT2D eigenvalue weighted by atomic mass is 16.5. The van der Waals surface area contributed by atoms with Crippen molar-refractivity contribution < 1.29 is 52.3 Å². The smallest absolute Gasteiger partial charge is 0.275 e. The van der Waals surface area contributed by atoms with Crippen LogP contribution in [0.15, 0.2) is 42.5 Å². The first-order chi connectivity index (χ1) is 24.3. The van der Waals surface area contributed by atoms with Gasteiger partial charge in [0.2, 0.25) is 23.6 Å². The molecule has 278 valence electrons. The van der Waals surface area contributed by atoms with E-state index >= 15 is 0 Å². The molecule has 2 heterocycles. The molecule has 51 heavy (non-hydrogen) atoms. The van der Waals surface area contributed by atoms with Crippen molar-refractivity contribution in [2.24, 2.45) is 0 Å². The van der Waals surface area contributed by atoms with Crippen LogP contribution >= 0.6 is 0 Å². The number of Topliss-reactive ketones (excluding diaryl/α,β-unsaturated/α-hetero) is 1. The first kappa shape index (κ1) is 40.4.